The quantitative estimate of drug-likeness (QED) is 0.468. The minimum atomic E-state index is 0. The summed E-state index contributed by atoms with van der Waals surface area (Å²) >= 11 is 0. The van der Waals surface area contributed by atoms with Crippen LogP contribution in [0.2, 0.25) is 0 Å². The molecule has 0 spiro atoms. The summed E-state index contributed by atoms with van der Waals surface area (Å²) in [5, 5.41) is 0. The molecule has 0 aliphatic rings. The van der Waals surface area contributed by atoms with Crippen molar-refractivity contribution < 1.29 is 18.8 Å². The molecule has 0 fully saturated rings. The third-order valence-corrected chi connectivity index (χ3v) is 0. The molecule has 0 saturated carbocycles. The van der Waals surface area contributed by atoms with Gasteiger partial charge in [-0.25, -0.2) is 0 Å². The lowest BCUT2D eigenvalue weighted by molar-refractivity contribution is 1.11. The van der Waals surface area contributed by atoms with Gasteiger partial charge in [0.25, 0.3) is 0 Å². The maximum atomic E-state index is 0. The monoisotopic (exact) mass is 160 g/mol. The zero-order chi connectivity index (χ0) is 0. The Balaban J connectivity index is 0. The number of hydrogen-bond acceptors (Lipinski definition) is 0. The van der Waals surface area contributed by atoms with Gasteiger partial charge in [-0.1, -0.05) is 0 Å². The van der Waals surface area contributed by atoms with E-state index in [0.29, 0.717) is 0 Å². The summed E-state index contributed by atoms with van der Waals surface area (Å²) in [4.78, 5) is 0. The van der Waals surface area contributed by atoms with Crippen molar-refractivity contribution in [3.8, 4) is 0 Å². The highest BCUT2D eigenvalue weighted by molar-refractivity contribution is 8.93. The molecule has 40 valence electrons. The van der Waals surface area contributed by atoms with Gasteiger partial charge in [-0.15, -0.1) is 17.0 Å². The summed E-state index contributed by atoms with van der Waals surface area (Å²) in [6.07, 6.45) is 0. The average molecular weight is 161 g/mol. The van der Waals surface area contributed by atoms with Gasteiger partial charge in [0.05, 0.1) is 0 Å². The van der Waals surface area contributed by atoms with Crippen molar-refractivity contribution >= 4 is 17.0 Å². The van der Waals surface area contributed by atoms with E-state index in [9.17, 15) is 0 Å². The van der Waals surface area contributed by atoms with E-state index in [1.165, 1.54) is 0 Å². The van der Waals surface area contributed by atoms with Crippen LogP contribution in [-0.4, -0.2) is 0 Å². The van der Waals surface area contributed by atoms with E-state index in [1.54, 1.807) is 0 Å². The van der Waals surface area contributed by atoms with E-state index in [-0.39, 0.29) is 35.8 Å². The van der Waals surface area contributed by atoms with Crippen molar-refractivity contribution in [2.24, 2.45) is 0 Å². The average Bonchev–Trinajstić information content (AvgIpc) is 0. The third kappa shape index (κ3) is 508. The minimum Gasteiger partial charge on any atom is -0.269 e. The van der Waals surface area contributed by atoms with Crippen LogP contribution >= 0.6 is 17.0 Å². The van der Waals surface area contributed by atoms with Gasteiger partial charge >= 0.3 is 0 Å². The zero-order valence-electron chi connectivity index (χ0n) is 2.04. The Morgan fingerprint density at radius 2 is 0.400 bits per heavy atom. The second-order valence-electron chi connectivity index (χ2n) is 0. The van der Waals surface area contributed by atoms with E-state index in [1.807, 2.05) is 0 Å². The van der Waals surface area contributed by atoms with Crippen molar-refractivity contribution in [1.82, 2.24) is 0 Å². The van der Waals surface area contributed by atoms with E-state index in [2.05, 4.69) is 0 Å². The van der Waals surface area contributed by atoms with Crippen LogP contribution in [0.1, 0.15) is 0 Å². The van der Waals surface area contributed by atoms with Gasteiger partial charge in [-0.05, 0) is 0 Å². The fourth-order valence-electron chi connectivity index (χ4n) is 0. The van der Waals surface area contributed by atoms with Crippen LogP contribution in [0.4, 0.5) is 18.8 Å². The molecule has 0 radical (unpaired) electrons. The molecule has 0 N–H and O–H groups in total. The summed E-state index contributed by atoms with van der Waals surface area (Å²) in [5.74, 6) is 0. The van der Waals surface area contributed by atoms with Crippen LogP contribution in [0.5, 0.6) is 0 Å². The maximum absolute atomic E-state index is 0. The number of rotatable bonds is 0. The first-order chi connectivity index (χ1) is 0. The molecule has 0 aliphatic heterocycles. The first kappa shape index (κ1) is 2290. The standard InChI is InChI=1S/BrH.4FH/h5*1H. The molecule has 5 heavy (non-hydrogen) atoms. The molecule has 0 aromatic carbocycles. The van der Waals surface area contributed by atoms with Crippen molar-refractivity contribution in [3.05, 3.63) is 0 Å². The largest absolute Gasteiger partial charge is 0.269 e. The molecule has 0 aromatic rings. The van der Waals surface area contributed by atoms with Crippen LogP contribution < -0.4 is 0 Å². The minimum absolute atomic E-state index is 0. The van der Waals surface area contributed by atoms with Gasteiger partial charge < -0.3 is 0 Å². The molecule has 0 rings (SSSR count). The van der Waals surface area contributed by atoms with Crippen LogP contribution in [0.15, 0.2) is 0 Å². The molecule has 0 saturated heterocycles. The second kappa shape index (κ2) is 1080. The fourth-order valence-corrected chi connectivity index (χ4v) is 0. The summed E-state index contributed by atoms with van der Waals surface area (Å²) in [6, 6.07) is 0. The molecule has 0 bridgehead atoms. The lowest BCUT2D eigenvalue weighted by atomic mass is 19.0. The van der Waals surface area contributed by atoms with Crippen LogP contribution in [-0.2, 0) is 0 Å². The third-order valence-electron chi connectivity index (χ3n) is 0. The first-order valence-electron chi connectivity index (χ1n) is 0. The van der Waals surface area contributed by atoms with E-state index < -0.39 is 0 Å². The van der Waals surface area contributed by atoms with Crippen molar-refractivity contribution in [2.75, 3.05) is 0 Å². The van der Waals surface area contributed by atoms with E-state index in [4.69, 9.17) is 0 Å². The molecular formula is H5BrF4. The second-order valence-corrected chi connectivity index (χ2v) is 0. The van der Waals surface area contributed by atoms with Crippen LogP contribution in [0.25, 0.3) is 0 Å². The Hall–Kier alpha value is 0.200. The normalized spacial score (nSPS) is 0. The van der Waals surface area contributed by atoms with Gasteiger partial charge in [0, 0.05) is 0 Å². The highest BCUT2D eigenvalue weighted by Gasteiger charge is -0.114. The number of halogens is 5. The van der Waals surface area contributed by atoms with E-state index in [0.717, 1.165) is 0 Å². The lowest BCUT2D eigenvalue weighted by Gasteiger charge is -0.270. The van der Waals surface area contributed by atoms with Gasteiger partial charge in [0.2, 0.25) is 0 Å². The summed E-state index contributed by atoms with van der Waals surface area (Å²) in [5.41, 5.74) is 0. The van der Waals surface area contributed by atoms with E-state index >= 15 is 0 Å². The molecule has 5 heteroatoms. The van der Waals surface area contributed by atoms with Gasteiger partial charge in [-0.3, -0.25) is 18.8 Å². The molecule has 0 heterocycles. The zero-order valence-corrected chi connectivity index (χ0v) is 3.75. The van der Waals surface area contributed by atoms with Gasteiger partial charge in [0.15, 0.2) is 0 Å². The van der Waals surface area contributed by atoms with Gasteiger partial charge in [0.1, 0.15) is 0 Å². The Morgan fingerprint density at radius 1 is 0.400 bits per heavy atom. The topological polar surface area (TPSA) is 0 Å². The molecule has 0 aliphatic carbocycles. The van der Waals surface area contributed by atoms with Gasteiger partial charge in [-0.2, -0.15) is 0 Å². The summed E-state index contributed by atoms with van der Waals surface area (Å²) in [7, 11) is 0. The molecule has 0 atom stereocenters. The van der Waals surface area contributed by atoms with Crippen molar-refractivity contribution in [3.63, 3.8) is 0 Å². The predicted octanol–water partition coefficient (Wildman–Crippen LogP) is 1.19. The molecule has 0 amide bonds. The SMILES string of the molecule is Br.F.F.F.F. The Morgan fingerprint density at radius 3 is 0.400 bits per heavy atom. The molecular weight excluding hydrogens is 156 g/mol. The Kier molecular flexibility index (Phi) is 493000. The smallest absolute Gasteiger partial charge is 0.114 e. The first-order valence-corrected chi connectivity index (χ1v) is 0. The van der Waals surface area contributed by atoms with Crippen molar-refractivity contribution in [2.45, 2.75) is 0 Å². The highest BCUT2D eigenvalue weighted by atomic mass is 79.9. The van der Waals surface area contributed by atoms with Crippen molar-refractivity contribution in [1.29, 1.82) is 0 Å². The lowest BCUT2D eigenvalue weighted by Crippen LogP contribution is 0.419. The Bertz CT molecular complexity index is 3.61. The van der Waals surface area contributed by atoms with Crippen LogP contribution in [0.3, 0.4) is 0 Å². The predicted molar refractivity (Wildman–Crippen MR) is 20.3 cm³/mol. The Labute approximate surface area is 36.8 Å². The number of hydrogen-bond donors (Lipinski definition) is 0. The maximum Gasteiger partial charge on any atom is -0.114 e. The fraction of sp³-hybridized carbons (Fsp3) is 0. The molecule has 0 nitrogen and oxygen atoms in total. The summed E-state index contributed by atoms with van der Waals surface area (Å²) in [6.45, 7) is 0. The highest BCUT2D eigenvalue weighted by Crippen LogP contribution is 0.846. The van der Waals surface area contributed by atoms with Crippen LogP contribution in [0, 0.1) is 0 Å². The molecule has 0 aromatic heterocycles. The summed E-state index contributed by atoms with van der Waals surface area (Å²) < 4.78 is 0. The molecule has 0 unspecified atom stereocenters.